The third kappa shape index (κ3) is 7.17. The first-order valence-corrected chi connectivity index (χ1v) is 6.29. The standard InChI is InChI=1S/C12H21N3O4/c1-4-6-7-8-10(16)14-13-9(3)11(15-18)12(17)19-5-2/h18H,4-8H2,1-3H3,(H,14,16). The fourth-order valence-corrected chi connectivity index (χ4v) is 1.25. The molecular formula is C12H21N3O4. The Morgan fingerprint density at radius 3 is 2.47 bits per heavy atom. The third-order valence-electron chi connectivity index (χ3n) is 2.27. The molecule has 0 aromatic carbocycles. The Bertz CT molecular complexity index is 364. The van der Waals surface area contributed by atoms with Crippen molar-refractivity contribution < 1.29 is 19.5 Å². The zero-order chi connectivity index (χ0) is 14.7. The second kappa shape index (κ2) is 10.0. The summed E-state index contributed by atoms with van der Waals surface area (Å²) in [5.41, 5.74) is 2.07. The van der Waals surface area contributed by atoms with Gasteiger partial charge in [0, 0.05) is 6.42 Å². The van der Waals surface area contributed by atoms with Crippen LogP contribution in [0, 0.1) is 0 Å². The predicted octanol–water partition coefficient (Wildman–Crippen LogP) is 1.45. The Hall–Kier alpha value is -1.92. The Kier molecular flexibility index (Phi) is 9.03. The molecule has 0 aromatic rings. The van der Waals surface area contributed by atoms with E-state index in [1.54, 1.807) is 6.92 Å². The summed E-state index contributed by atoms with van der Waals surface area (Å²) in [4.78, 5) is 22.8. The average Bonchev–Trinajstić information content (AvgIpc) is 2.38. The van der Waals surface area contributed by atoms with Crippen LogP contribution in [0.5, 0.6) is 0 Å². The second-order valence-corrected chi connectivity index (χ2v) is 3.86. The molecule has 0 heterocycles. The third-order valence-corrected chi connectivity index (χ3v) is 2.27. The van der Waals surface area contributed by atoms with E-state index in [1.165, 1.54) is 6.92 Å². The molecule has 7 heteroatoms. The van der Waals surface area contributed by atoms with Gasteiger partial charge in [-0.3, -0.25) is 4.79 Å². The van der Waals surface area contributed by atoms with E-state index < -0.39 is 5.97 Å². The monoisotopic (exact) mass is 271 g/mol. The number of rotatable bonds is 8. The number of hydrogen-bond acceptors (Lipinski definition) is 6. The molecule has 0 aromatic heterocycles. The van der Waals surface area contributed by atoms with Crippen LogP contribution in [0.15, 0.2) is 10.3 Å². The number of oxime groups is 1. The highest BCUT2D eigenvalue weighted by atomic mass is 16.5. The number of hydrogen-bond donors (Lipinski definition) is 2. The number of unbranched alkanes of at least 4 members (excludes halogenated alkanes) is 2. The SMILES string of the molecule is CCCCCC(=O)NN=C(C)C(=NO)C(=O)OCC. The lowest BCUT2D eigenvalue weighted by Crippen LogP contribution is -2.28. The lowest BCUT2D eigenvalue weighted by Gasteiger charge is -2.04. The van der Waals surface area contributed by atoms with Gasteiger partial charge in [-0.05, 0) is 20.3 Å². The molecule has 108 valence electrons. The van der Waals surface area contributed by atoms with Crippen molar-refractivity contribution in [1.82, 2.24) is 5.43 Å². The highest BCUT2D eigenvalue weighted by Gasteiger charge is 2.17. The molecule has 1 amide bonds. The number of esters is 1. The van der Waals surface area contributed by atoms with Crippen molar-refractivity contribution in [3.63, 3.8) is 0 Å². The fraction of sp³-hybridized carbons (Fsp3) is 0.667. The number of amides is 1. The highest BCUT2D eigenvalue weighted by Crippen LogP contribution is 1.98. The molecule has 0 unspecified atom stereocenters. The zero-order valence-electron chi connectivity index (χ0n) is 11.6. The topological polar surface area (TPSA) is 100 Å². The van der Waals surface area contributed by atoms with Gasteiger partial charge < -0.3 is 9.94 Å². The molecule has 0 saturated heterocycles. The van der Waals surface area contributed by atoms with Crippen molar-refractivity contribution in [1.29, 1.82) is 0 Å². The van der Waals surface area contributed by atoms with Crippen LogP contribution in [0.4, 0.5) is 0 Å². The molecule has 0 spiro atoms. The first-order chi connectivity index (χ1) is 9.06. The van der Waals surface area contributed by atoms with Crippen molar-refractivity contribution in [3.8, 4) is 0 Å². The quantitative estimate of drug-likeness (QED) is 0.229. The van der Waals surface area contributed by atoms with Gasteiger partial charge in [0.25, 0.3) is 0 Å². The molecule has 2 N–H and O–H groups in total. The van der Waals surface area contributed by atoms with Crippen molar-refractivity contribution in [3.05, 3.63) is 0 Å². The molecule has 0 radical (unpaired) electrons. The fourth-order valence-electron chi connectivity index (χ4n) is 1.25. The summed E-state index contributed by atoms with van der Waals surface area (Å²) in [6.45, 7) is 5.28. The lowest BCUT2D eigenvalue weighted by molar-refractivity contribution is -0.135. The van der Waals surface area contributed by atoms with Crippen LogP contribution < -0.4 is 5.43 Å². The summed E-state index contributed by atoms with van der Waals surface area (Å²) >= 11 is 0. The average molecular weight is 271 g/mol. The minimum absolute atomic E-state index is 0.0878. The van der Waals surface area contributed by atoms with Crippen LogP contribution >= 0.6 is 0 Å². The molecule has 0 aliphatic carbocycles. The summed E-state index contributed by atoms with van der Waals surface area (Å²) in [5.74, 6) is -1.03. The van der Waals surface area contributed by atoms with Crippen molar-refractivity contribution in [2.24, 2.45) is 10.3 Å². The Balaban J connectivity index is 4.37. The summed E-state index contributed by atoms with van der Waals surface area (Å²) < 4.78 is 4.68. The number of carbonyl (C=O) groups is 2. The highest BCUT2D eigenvalue weighted by molar-refractivity contribution is 6.65. The smallest absolute Gasteiger partial charge is 0.362 e. The largest absolute Gasteiger partial charge is 0.461 e. The lowest BCUT2D eigenvalue weighted by atomic mass is 10.2. The summed E-state index contributed by atoms with van der Waals surface area (Å²) in [6.07, 6.45) is 3.16. The van der Waals surface area contributed by atoms with Gasteiger partial charge in [-0.15, -0.1) is 0 Å². The minimum atomic E-state index is -0.786. The van der Waals surface area contributed by atoms with Gasteiger partial charge in [-0.2, -0.15) is 5.10 Å². The van der Waals surface area contributed by atoms with E-state index in [0.29, 0.717) is 6.42 Å². The van der Waals surface area contributed by atoms with Crippen molar-refractivity contribution in [2.75, 3.05) is 6.61 Å². The molecule has 19 heavy (non-hydrogen) atoms. The number of ether oxygens (including phenoxy) is 1. The molecule has 0 saturated carbocycles. The summed E-state index contributed by atoms with van der Waals surface area (Å²) in [5, 5.41) is 15.2. The molecule has 7 nitrogen and oxygen atoms in total. The molecule has 0 fully saturated rings. The van der Waals surface area contributed by atoms with E-state index in [4.69, 9.17) is 5.21 Å². The predicted molar refractivity (Wildman–Crippen MR) is 71.2 cm³/mol. The maximum atomic E-state index is 11.4. The van der Waals surface area contributed by atoms with Crippen molar-refractivity contribution >= 4 is 23.3 Å². The molecule has 0 rings (SSSR count). The van der Waals surface area contributed by atoms with Gasteiger partial charge >= 0.3 is 5.97 Å². The van der Waals surface area contributed by atoms with Crippen LogP contribution in [0.3, 0.4) is 0 Å². The van der Waals surface area contributed by atoms with E-state index in [2.05, 4.69) is 20.4 Å². The number of carbonyl (C=O) groups excluding carboxylic acids is 2. The van der Waals surface area contributed by atoms with Crippen LogP contribution in [0.25, 0.3) is 0 Å². The molecule has 0 aliphatic heterocycles. The van der Waals surface area contributed by atoms with Crippen molar-refractivity contribution in [2.45, 2.75) is 46.5 Å². The Labute approximate surface area is 112 Å². The maximum absolute atomic E-state index is 11.4. The van der Waals surface area contributed by atoms with Gasteiger partial charge in [0.05, 0.1) is 12.3 Å². The van der Waals surface area contributed by atoms with E-state index >= 15 is 0 Å². The number of hydrazone groups is 1. The van der Waals surface area contributed by atoms with Crippen LogP contribution in [0.2, 0.25) is 0 Å². The second-order valence-electron chi connectivity index (χ2n) is 3.86. The van der Waals surface area contributed by atoms with Gasteiger partial charge in [-0.1, -0.05) is 24.9 Å². The maximum Gasteiger partial charge on any atom is 0.362 e. The molecule has 0 aliphatic rings. The van der Waals surface area contributed by atoms with Crippen LogP contribution in [0.1, 0.15) is 46.5 Å². The van der Waals surface area contributed by atoms with Gasteiger partial charge in [0.15, 0.2) is 0 Å². The number of nitrogens with one attached hydrogen (secondary N) is 1. The van der Waals surface area contributed by atoms with Crippen LogP contribution in [-0.4, -0.2) is 35.1 Å². The molecular weight excluding hydrogens is 250 g/mol. The van der Waals surface area contributed by atoms with Gasteiger partial charge in [0.1, 0.15) is 0 Å². The zero-order valence-corrected chi connectivity index (χ0v) is 11.6. The Morgan fingerprint density at radius 1 is 1.26 bits per heavy atom. The summed E-state index contributed by atoms with van der Waals surface area (Å²) in [6, 6.07) is 0. The first kappa shape index (κ1) is 17.1. The number of nitrogens with zero attached hydrogens (tertiary/aromatic N) is 2. The molecule has 0 bridgehead atoms. The van der Waals surface area contributed by atoms with E-state index in [-0.39, 0.29) is 23.9 Å². The first-order valence-electron chi connectivity index (χ1n) is 6.29. The van der Waals surface area contributed by atoms with E-state index in [1.807, 2.05) is 6.92 Å². The normalized spacial score (nSPS) is 12.2. The molecule has 0 atom stereocenters. The van der Waals surface area contributed by atoms with Crippen LogP contribution in [-0.2, 0) is 14.3 Å². The van der Waals surface area contributed by atoms with E-state index in [9.17, 15) is 9.59 Å². The Morgan fingerprint density at radius 2 is 1.95 bits per heavy atom. The van der Waals surface area contributed by atoms with Gasteiger partial charge in [-0.25, -0.2) is 10.2 Å². The van der Waals surface area contributed by atoms with E-state index in [0.717, 1.165) is 19.3 Å². The minimum Gasteiger partial charge on any atom is -0.461 e. The van der Waals surface area contributed by atoms with Gasteiger partial charge in [0.2, 0.25) is 11.6 Å². The summed E-state index contributed by atoms with van der Waals surface area (Å²) in [7, 11) is 0.